The van der Waals surface area contributed by atoms with E-state index >= 15 is 0 Å². The first-order valence-electron chi connectivity index (χ1n) is 8.79. The summed E-state index contributed by atoms with van der Waals surface area (Å²) >= 11 is 1.46. The minimum Gasteiger partial charge on any atom is -0.467 e. The van der Waals surface area contributed by atoms with Crippen LogP contribution in [-0.4, -0.2) is 26.7 Å². The number of amides is 1. The Bertz CT molecular complexity index is 1020. The standard InChI is InChI=1S/C19H21N3O3S/c1-11-6-7-21(15(9-11)16-5-4-8-25-16)17(23)14-10-20-19-22(18(14)24)12(2)13(3)26-19/h4-5,8,10-11,15H,6-7,9H2,1-3H3/t11-,15+/m1/s1. The van der Waals surface area contributed by atoms with E-state index in [0.29, 0.717) is 17.4 Å². The van der Waals surface area contributed by atoms with Crippen LogP contribution in [0.4, 0.5) is 0 Å². The molecule has 26 heavy (non-hydrogen) atoms. The normalized spacial score (nSPS) is 20.7. The fourth-order valence-electron chi connectivity index (χ4n) is 3.61. The molecule has 1 aliphatic rings. The third-order valence-electron chi connectivity index (χ3n) is 5.25. The van der Waals surface area contributed by atoms with Gasteiger partial charge < -0.3 is 9.32 Å². The number of carbonyl (C=O) groups excluding carboxylic acids is 1. The van der Waals surface area contributed by atoms with Crippen molar-refractivity contribution < 1.29 is 9.21 Å². The zero-order valence-corrected chi connectivity index (χ0v) is 15.9. The average molecular weight is 371 g/mol. The highest BCUT2D eigenvalue weighted by Crippen LogP contribution is 2.35. The Morgan fingerprint density at radius 2 is 2.19 bits per heavy atom. The Kier molecular flexibility index (Phi) is 4.19. The lowest BCUT2D eigenvalue weighted by atomic mass is 9.90. The number of carbonyl (C=O) groups is 1. The summed E-state index contributed by atoms with van der Waals surface area (Å²) in [5.41, 5.74) is 0.667. The van der Waals surface area contributed by atoms with E-state index in [1.807, 2.05) is 26.0 Å². The highest BCUT2D eigenvalue weighted by atomic mass is 32.1. The second-order valence-electron chi connectivity index (χ2n) is 7.00. The smallest absolute Gasteiger partial charge is 0.271 e. The van der Waals surface area contributed by atoms with Crippen molar-refractivity contribution in [3.63, 3.8) is 0 Å². The zero-order valence-electron chi connectivity index (χ0n) is 15.1. The maximum Gasteiger partial charge on any atom is 0.271 e. The summed E-state index contributed by atoms with van der Waals surface area (Å²) in [4.78, 5) is 34.0. The van der Waals surface area contributed by atoms with Crippen molar-refractivity contribution in [2.45, 2.75) is 39.7 Å². The van der Waals surface area contributed by atoms with Gasteiger partial charge in [0.25, 0.3) is 11.5 Å². The van der Waals surface area contributed by atoms with Crippen LogP contribution in [0.15, 0.2) is 33.8 Å². The quantitative estimate of drug-likeness (QED) is 0.690. The molecule has 1 saturated heterocycles. The van der Waals surface area contributed by atoms with Crippen molar-refractivity contribution >= 4 is 22.2 Å². The van der Waals surface area contributed by atoms with Crippen LogP contribution in [0.2, 0.25) is 0 Å². The van der Waals surface area contributed by atoms with E-state index in [9.17, 15) is 9.59 Å². The van der Waals surface area contributed by atoms with Gasteiger partial charge in [0, 0.05) is 23.3 Å². The molecule has 3 aromatic heterocycles. The Morgan fingerprint density at radius 1 is 1.38 bits per heavy atom. The molecule has 4 rings (SSSR count). The molecule has 1 fully saturated rings. The summed E-state index contributed by atoms with van der Waals surface area (Å²) in [7, 11) is 0. The van der Waals surface area contributed by atoms with Crippen molar-refractivity contribution in [1.29, 1.82) is 0 Å². The van der Waals surface area contributed by atoms with Crippen LogP contribution < -0.4 is 5.56 Å². The Balaban J connectivity index is 1.77. The fourth-order valence-corrected chi connectivity index (χ4v) is 4.54. The molecule has 0 aromatic carbocycles. The molecule has 1 aliphatic heterocycles. The number of hydrogen-bond donors (Lipinski definition) is 0. The molecule has 0 saturated carbocycles. The molecule has 3 aromatic rings. The van der Waals surface area contributed by atoms with Crippen LogP contribution in [-0.2, 0) is 0 Å². The van der Waals surface area contributed by atoms with Gasteiger partial charge in [0.1, 0.15) is 11.3 Å². The van der Waals surface area contributed by atoms with Gasteiger partial charge in [-0.1, -0.05) is 6.92 Å². The molecular formula is C19H21N3O3S. The van der Waals surface area contributed by atoms with Crippen molar-refractivity contribution in [3.05, 3.63) is 56.8 Å². The Morgan fingerprint density at radius 3 is 2.92 bits per heavy atom. The number of piperidine rings is 1. The lowest BCUT2D eigenvalue weighted by molar-refractivity contribution is 0.0518. The van der Waals surface area contributed by atoms with Gasteiger partial charge in [-0.15, -0.1) is 11.3 Å². The fraction of sp³-hybridized carbons (Fsp3) is 0.421. The Labute approximate surface area is 155 Å². The first-order valence-corrected chi connectivity index (χ1v) is 9.61. The third kappa shape index (κ3) is 2.67. The number of aromatic nitrogens is 2. The van der Waals surface area contributed by atoms with Gasteiger partial charge in [-0.3, -0.25) is 14.0 Å². The number of fused-ring (bicyclic) bond motifs is 1. The van der Waals surface area contributed by atoms with E-state index in [-0.39, 0.29) is 23.1 Å². The van der Waals surface area contributed by atoms with Gasteiger partial charge in [0.2, 0.25) is 0 Å². The third-order valence-corrected chi connectivity index (χ3v) is 6.32. The molecule has 0 radical (unpaired) electrons. The van der Waals surface area contributed by atoms with Gasteiger partial charge in [0.15, 0.2) is 4.96 Å². The highest BCUT2D eigenvalue weighted by Gasteiger charge is 2.34. The average Bonchev–Trinajstić information content (AvgIpc) is 3.24. The topological polar surface area (TPSA) is 67.8 Å². The van der Waals surface area contributed by atoms with E-state index in [1.54, 1.807) is 15.6 Å². The Hall–Kier alpha value is -2.41. The summed E-state index contributed by atoms with van der Waals surface area (Å²) in [6, 6.07) is 3.58. The molecule has 0 spiro atoms. The number of aryl methyl sites for hydroxylation is 2. The highest BCUT2D eigenvalue weighted by molar-refractivity contribution is 7.17. The molecule has 7 heteroatoms. The number of nitrogens with zero attached hydrogens (tertiary/aromatic N) is 3. The predicted octanol–water partition coefficient (Wildman–Crippen LogP) is 3.58. The van der Waals surface area contributed by atoms with Crippen LogP contribution >= 0.6 is 11.3 Å². The van der Waals surface area contributed by atoms with Crippen LogP contribution in [0.25, 0.3) is 4.96 Å². The van der Waals surface area contributed by atoms with Crippen molar-refractivity contribution in [2.75, 3.05) is 6.54 Å². The largest absolute Gasteiger partial charge is 0.467 e. The summed E-state index contributed by atoms with van der Waals surface area (Å²) in [5, 5.41) is 0. The maximum atomic E-state index is 13.2. The molecule has 136 valence electrons. The number of furan rings is 1. The monoisotopic (exact) mass is 371 g/mol. The second-order valence-corrected chi connectivity index (χ2v) is 8.18. The van der Waals surface area contributed by atoms with Gasteiger partial charge in [0.05, 0.1) is 12.3 Å². The van der Waals surface area contributed by atoms with Crippen molar-refractivity contribution in [2.24, 2.45) is 5.92 Å². The van der Waals surface area contributed by atoms with E-state index in [1.165, 1.54) is 17.5 Å². The molecule has 0 N–H and O–H groups in total. The lowest BCUT2D eigenvalue weighted by Crippen LogP contribution is -2.42. The minimum atomic E-state index is -0.293. The van der Waals surface area contributed by atoms with Gasteiger partial charge in [-0.05, 0) is 44.7 Å². The van der Waals surface area contributed by atoms with E-state index in [2.05, 4.69) is 11.9 Å². The van der Waals surface area contributed by atoms with E-state index in [0.717, 1.165) is 29.2 Å². The zero-order chi connectivity index (χ0) is 18.4. The van der Waals surface area contributed by atoms with Gasteiger partial charge in [-0.25, -0.2) is 4.98 Å². The minimum absolute atomic E-state index is 0.120. The van der Waals surface area contributed by atoms with E-state index in [4.69, 9.17) is 4.42 Å². The summed E-state index contributed by atoms with van der Waals surface area (Å²) in [6.07, 6.45) is 4.78. The predicted molar refractivity (Wildman–Crippen MR) is 99.7 cm³/mol. The molecule has 0 bridgehead atoms. The van der Waals surface area contributed by atoms with E-state index < -0.39 is 0 Å². The second kappa shape index (κ2) is 6.39. The summed E-state index contributed by atoms with van der Waals surface area (Å²) in [6.45, 7) is 6.62. The van der Waals surface area contributed by atoms with Crippen LogP contribution in [0, 0.1) is 19.8 Å². The molecule has 1 amide bonds. The lowest BCUT2D eigenvalue weighted by Gasteiger charge is -2.37. The van der Waals surface area contributed by atoms with Gasteiger partial charge in [-0.2, -0.15) is 0 Å². The van der Waals surface area contributed by atoms with Gasteiger partial charge >= 0.3 is 0 Å². The van der Waals surface area contributed by atoms with Crippen LogP contribution in [0.5, 0.6) is 0 Å². The van der Waals surface area contributed by atoms with Crippen LogP contribution in [0.3, 0.4) is 0 Å². The number of likely N-dealkylation sites (tertiary alicyclic amines) is 1. The van der Waals surface area contributed by atoms with Crippen LogP contribution in [0.1, 0.15) is 52.5 Å². The molecule has 0 aliphatic carbocycles. The molecular weight excluding hydrogens is 350 g/mol. The summed E-state index contributed by atoms with van der Waals surface area (Å²) in [5.74, 6) is 0.993. The molecule has 4 heterocycles. The first kappa shape index (κ1) is 17.0. The van der Waals surface area contributed by atoms with Crippen molar-refractivity contribution in [1.82, 2.24) is 14.3 Å². The summed E-state index contributed by atoms with van der Waals surface area (Å²) < 4.78 is 7.11. The molecule has 2 atom stereocenters. The molecule has 0 unspecified atom stereocenters. The number of thiazole rings is 1. The maximum absolute atomic E-state index is 13.2. The number of rotatable bonds is 2. The van der Waals surface area contributed by atoms with Crippen molar-refractivity contribution in [3.8, 4) is 0 Å². The first-order chi connectivity index (χ1) is 12.5. The molecule has 6 nitrogen and oxygen atoms in total. The SMILES string of the molecule is Cc1sc2ncc(C(=O)N3CC[C@@H](C)C[C@H]3c3ccco3)c(=O)n2c1C. The number of hydrogen-bond acceptors (Lipinski definition) is 5.